The normalized spacial score (nSPS) is 28.0. The summed E-state index contributed by atoms with van der Waals surface area (Å²) in [5, 5.41) is 17.2. The molecular weight excluding hydrogens is 152 g/mol. The predicted molar refractivity (Wildman–Crippen MR) is 41.8 cm³/mol. The summed E-state index contributed by atoms with van der Waals surface area (Å²) in [5.41, 5.74) is -0.810. The van der Waals surface area contributed by atoms with E-state index < -0.39 is 5.41 Å². The molecule has 1 aliphatic carbocycles. The van der Waals surface area contributed by atoms with Crippen LogP contribution < -0.4 is 0 Å². The molecule has 0 aliphatic heterocycles. The third-order valence-corrected chi connectivity index (χ3v) is 2.42. The fraction of sp³-hybridized carbons (Fsp3) is 0.667. The molecule has 1 fully saturated rings. The topological polar surface area (TPSA) is 64.7 Å². The van der Waals surface area contributed by atoms with E-state index in [0.717, 1.165) is 6.42 Å². The van der Waals surface area contributed by atoms with E-state index in [1.165, 1.54) is 0 Å². The third kappa shape index (κ3) is 1.31. The summed E-state index contributed by atoms with van der Waals surface area (Å²) in [6.45, 7) is 0. The van der Waals surface area contributed by atoms with Gasteiger partial charge in [0.25, 0.3) is 0 Å². The smallest absolute Gasteiger partial charge is 0.153 e. The maximum absolute atomic E-state index is 11.3. The van der Waals surface area contributed by atoms with Crippen LogP contribution in [-0.4, -0.2) is 5.78 Å². The summed E-state index contributed by atoms with van der Waals surface area (Å²) < 4.78 is 0. The van der Waals surface area contributed by atoms with Crippen molar-refractivity contribution in [2.75, 3.05) is 0 Å². The molecule has 0 unspecified atom stereocenters. The second-order valence-corrected chi connectivity index (χ2v) is 3.13. The fourth-order valence-corrected chi connectivity index (χ4v) is 1.64. The Balaban J connectivity index is 2.71. The molecule has 1 rings (SSSR count). The van der Waals surface area contributed by atoms with Gasteiger partial charge in [-0.15, -0.1) is 0 Å². The van der Waals surface area contributed by atoms with Gasteiger partial charge >= 0.3 is 0 Å². The van der Waals surface area contributed by atoms with Crippen LogP contribution in [-0.2, 0) is 4.79 Å². The molecule has 1 aliphatic rings. The Labute approximate surface area is 71.6 Å². The number of carbonyl (C=O) groups is 1. The first-order valence-electron chi connectivity index (χ1n) is 4.07. The number of hydrogen-bond acceptors (Lipinski definition) is 3. The monoisotopic (exact) mass is 162 g/mol. The maximum Gasteiger partial charge on any atom is 0.153 e. The molecule has 0 aromatic rings. The van der Waals surface area contributed by atoms with Crippen LogP contribution in [0.4, 0.5) is 0 Å². The molecular formula is C9H10N2O. The van der Waals surface area contributed by atoms with Gasteiger partial charge in [0.2, 0.25) is 0 Å². The number of nitrogens with zero attached hydrogens (tertiary/aromatic N) is 2. The Bertz CT molecular complexity index is 271. The number of ketones is 1. The van der Waals surface area contributed by atoms with Gasteiger partial charge in [0.05, 0.1) is 12.1 Å². The van der Waals surface area contributed by atoms with Crippen LogP contribution in [0.5, 0.6) is 0 Å². The zero-order chi connectivity index (χ0) is 9.03. The first-order chi connectivity index (χ1) is 5.75. The molecule has 0 bridgehead atoms. The highest BCUT2D eigenvalue weighted by Crippen LogP contribution is 2.38. The van der Waals surface area contributed by atoms with Crippen molar-refractivity contribution in [2.45, 2.75) is 32.1 Å². The molecule has 62 valence electrons. The van der Waals surface area contributed by atoms with Gasteiger partial charge in [-0.3, -0.25) is 4.79 Å². The Morgan fingerprint density at radius 2 is 2.25 bits per heavy atom. The van der Waals surface area contributed by atoms with Gasteiger partial charge in [0, 0.05) is 12.8 Å². The zero-order valence-electron chi connectivity index (χ0n) is 6.84. The van der Waals surface area contributed by atoms with Crippen molar-refractivity contribution < 1.29 is 4.79 Å². The molecule has 1 saturated carbocycles. The molecule has 12 heavy (non-hydrogen) atoms. The second kappa shape index (κ2) is 3.36. The maximum atomic E-state index is 11.3. The van der Waals surface area contributed by atoms with Crippen molar-refractivity contribution in [1.29, 1.82) is 10.5 Å². The lowest BCUT2D eigenvalue weighted by molar-refractivity contribution is -0.123. The minimum atomic E-state index is -0.810. The molecule has 0 spiro atoms. The lowest BCUT2D eigenvalue weighted by Crippen LogP contribution is -2.23. The van der Waals surface area contributed by atoms with Crippen LogP contribution >= 0.6 is 0 Å². The summed E-state index contributed by atoms with van der Waals surface area (Å²) in [4.78, 5) is 11.3. The van der Waals surface area contributed by atoms with Gasteiger partial charge in [0.1, 0.15) is 5.41 Å². The average molecular weight is 162 g/mol. The van der Waals surface area contributed by atoms with E-state index in [2.05, 4.69) is 6.07 Å². The number of carbonyl (C=O) groups excluding carboxylic acids is 1. The Morgan fingerprint density at radius 1 is 1.50 bits per heavy atom. The molecule has 0 aromatic carbocycles. The van der Waals surface area contributed by atoms with Crippen LogP contribution in [0.2, 0.25) is 0 Å². The second-order valence-electron chi connectivity index (χ2n) is 3.13. The van der Waals surface area contributed by atoms with Crippen LogP contribution in [0, 0.1) is 28.1 Å². The number of Topliss-reactive ketones (excluding diaryl/α,β-unsaturated/α-hetero) is 1. The van der Waals surface area contributed by atoms with Crippen molar-refractivity contribution in [3.05, 3.63) is 0 Å². The van der Waals surface area contributed by atoms with Crippen molar-refractivity contribution in [2.24, 2.45) is 5.41 Å². The number of hydrogen-bond donors (Lipinski definition) is 0. The highest BCUT2D eigenvalue weighted by atomic mass is 16.1. The zero-order valence-corrected chi connectivity index (χ0v) is 6.84. The van der Waals surface area contributed by atoms with Crippen LogP contribution in [0.15, 0.2) is 0 Å². The van der Waals surface area contributed by atoms with E-state index in [-0.39, 0.29) is 5.78 Å². The number of nitriles is 2. The third-order valence-electron chi connectivity index (χ3n) is 2.42. The average Bonchev–Trinajstić information content (AvgIpc) is 2.45. The lowest BCUT2D eigenvalue weighted by Gasteiger charge is -2.15. The Hall–Kier alpha value is -1.35. The van der Waals surface area contributed by atoms with Crippen LogP contribution in [0.3, 0.4) is 0 Å². The molecule has 0 saturated heterocycles. The number of rotatable bonds is 2. The van der Waals surface area contributed by atoms with Crippen LogP contribution in [0.1, 0.15) is 32.1 Å². The molecule has 1 atom stereocenters. The highest BCUT2D eigenvalue weighted by molar-refractivity contribution is 5.89. The highest BCUT2D eigenvalue weighted by Gasteiger charge is 2.41. The van der Waals surface area contributed by atoms with E-state index in [0.29, 0.717) is 25.7 Å². The summed E-state index contributed by atoms with van der Waals surface area (Å²) in [5.74, 6) is 0.0280. The minimum Gasteiger partial charge on any atom is -0.298 e. The SMILES string of the molecule is N#CCC[C@@]1(C#N)CCCC1=O. The van der Waals surface area contributed by atoms with E-state index in [1.807, 2.05) is 6.07 Å². The van der Waals surface area contributed by atoms with Crippen LogP contribution in [0.25, 0.3) is 0 Å². The van der Waals surface area contributed by atoms with E-state index in [4.69, 9.17) is 10.5 Å². The van der Waals surface area contributed by atoms with E-state index in [9.17, 15) is 4.79 Å². The molecule has 0 N–H and O–H groups in total. The molecule has 3 nitrogen and oxygen atoms in total. The van der Waals surface area contributed by atoms with Crippen molar-refractivity contribution in [1.82, 2.24) is 0 Å². The fourth-order valence-electron chi connectivity index (χ4n) is 1.64. The van der Waals surface area contributed by atoms with Gasteiger partial charge in [-0.25, -0.2) is 0 Å². The van der Waals surface area contributed by atoms with Gasteiger partial charge in [0.15, 0.2) is 5.78 Å². The van der Waals surface area contributed by atoms with E-state index >= 15 is 0 Å². The van der Waals surface area contributed by atoms with Gasteiger partial charge < -0.3 is 0 Å². The van der Waals surface area contributed by atoms with Crippen molar-refractivity contribution >= 4 is 5.78 Å². The molecule has 0 amide bonds. The molecule has 0 heterocycles. The van der Waals surface area contributed by atoms with E-state index in [1.54, 1.807) is 0 Å². The summed E-state index contributed by atoms with van der Waals surface area (Å²) in [7, 11) is 0. The standard InChI is InChI=1S/C9H10N2O/c10-6-2-5-9(7-11)4-1-3-8(9)12/h1-5H2/t9-/m1/s1. The van der Waals surface area contributed by atoms with Crippen molar-refractivity contribution in [3.8, 4) is 12.1 Å². The quantitative estimate of drug-likeness (QED) is 0.618. The Morgan fingerprint density at radius 3 is 2.67 bits per heavy atom. The van der Waals surface area contributed by atoms with Gasteiger partial charge in [-0.2, -0.15) is 10.5 Å². The van der Waals surface area contributed by atoms with Gasteiger partial charge in [-0.05, 0) is 19.3 Å². The van der Waals surface area contributed by atoms with Crippen molar-refractivity contribution in [3.63, 3.8) is 0 Å². The molecule has 0 aromatic heterocycles. The first kappa shape index (κ1) is 8.74. The Kier molecular flexibility index (Phi) is 2.45. The summed E-state index contributed by atoms with van der Waals surface area (Å²) in [6.07, 6.45) is 2.68. The largest absolute Gasteiger partial charge is 0.298 e. The first-order valence-corrected chi connectivity index (χ1v) is 4.07. The summed E-state index contributed by atoms with van der Waals surface area (Å²) >= 11 is 0. The predicted octanol–water partition coefficient (Wildman–Crippen LogP) is 1.55. The summed E-state index contributed by atoms with van der Waals surface area (Å²) in [6, 6.07) is 4.03. The molecule has 0 radical (unpaired) electrons. The van der Waals surface area contributed by atoms with Gasteiger partial charge in [-0.1, -0.05) is 0 Å². The molecule has 3 heteroatoms. The minimum absolute atomic E-state index is 0.0280. The lowest BCUT2D eigenvalue weighted by atomic mass is 9.82.